The number of hydrogen-bond acceptors (Lipinski definition) is 6. The highest BCUT2D eigenvalue weighted by Crippen LogP contribution is 2.45. The van der Waals surface area contributed by atoms with E-state index in [4.69, 9.17) is 4.74 Å². The predicted octanol–water partition coefficient (Wildman–Crippen LogP) is 3.88. The van der Waals surface area contributed by atoms with E-state index in [9.17, 15) is 21.6 Å². The second-order valence-electron chi connectivity index (χ2n) is 9.92. The fourth-order valence-corrected chi connectivity index (χ4v) is 6.92. The number of benzene rings is 1. The minimum absolute atomic E-state index is 0.0110. The van der Waals surface area contributed by atoms with E-state index >= 15 is 0 Å². The number of hydrogen-bond donors (Lipinski definition) is 0. The Morgan fingerprint density at radius 3 is 2.50 bits per heavy atom. The number of alkyl halides is 2. The van der Waals surface area contributed by atoms with Gasteiger partial charge in [0, 0.05) is 37.8 Å². The molecule has 0 saturated carbocycles. The maximum absolute atomic E-state index is 13.6. The van der Waals surface area contributed by atoms with Crippen molar-refractivity contribution < 1.29 is 26.3 Å². The average molecular weight is 546 g/mol. The van der Waals surface area contributed by atoms with Crippen LogP contribution in [0.3, 0.4) is 0 Å². The molecule has 4 heterocycles. The van der Waals surface area contributed by atoms with Crippen LogP contribution >= 0.6 is 0 Å². The van der Waals surface area contributed by atoms with E-state index in [0.29, 0.717) is 12.1 Å². The quantitative estimate of drug-likeness (QED) is 0.449. The molecule has 1 atom stereocenters. The van der Waals surface area contributed by atoms with Gasteiger partial charge in [0.25, 0.3) is 0 Å². The van der Waals surface area contributed by atoms with Crippen LogP contribution in [0.2, 0.25) is 0 Å². The molecule has 38 heavy (non-hydrogen) atoms. The molecule has 3 aliphatic rings. The number of aromatic nitrogens is 3. The minimum atomic E-state index is -3.91. The zero-order valence-corrected chi connectivity index (χ0v) is 21.2. The van der Waals surface area contributed by atoms with Gasteiger partial charge in [-0.3, -0.25) is 0 Å². The molecule has 12 heteroatoms. The molecule has 0 bridgehead atoms. The van der Waals surface area contributed by atoms with Gasteiger partial charge in [-0.05, 0) is 67.3 Å². The van der Waals surface area contributed by atoms with Crippen LogP contribution in [0, 0.1) is 11.2 Å². The fraction of sp³-hybridized carbons (Fsp3) is 0.385. The van der Waals surface area contributed by atoms with Gasteiger partial charge in [-0.2, -0.15) is 18.2 Å². The summed E-state index contributed by atoms with van der Waals surface area (Å²) in [4.78, 5) is 6.47. The lowest BCUT2D eigenvalue weighted by molar-refractivity contribution is -0.150. The van der Waals surface area contributed by atoms with Crippen molar-refractivity contribution >= 4 is 21.9 Å². The van der Waals surface area contributed by atoms with Gasteiger partial charge >= 0.3 is 6.61 Å². The number of fused-ring (bicyclic) bond motifs is 2. The number of anilines is 1. The first kappa shape index (κ1) is 25.1. The Morgan fingerprint density at radius 2 is 1.84 bits per heavy atom. The van der Waals surface area contributed by atoms with Crippen LogP contribution < -0.4 is 4.90 Å². The molecule has 2 fully saturated rings. The summed E-state index contributed by atoms with van der Waals surface area (Å²) in [7, 11) is -3.91. The summed E-state index contributed by atoms with van der Waals surface area (Å²) < 4.78 is 74.8. The van der Waals surface area contributed by atoms with Crippen molar-refractivity contribution in [2.45, 2.75) is 30.8 Å². The predicted molar refractivity (Wildman–Crippen MR) is 134 cm³/mol. The van der Waals surface area contributed by atoms with Crippen LogP contribution in [0.1, 0.15) is 24.1 Å². The Labute approximate surface area is 218 Å². The van der Waals surface area contributed by atoms with E-state index in [1.165, 1.54) is 22.6 Å². The molecule has 8 nitrogen and oxygen atoms in total. The van der Waals surface area contributed by atoms with Gasteiger partial charge in [0.2, 0.25) is 10.0 Å². The molecule has 1 unspecified atom stereocenters. The maximum Gasteiger partial charge on any atom is 0.345 e. The lowest BCUT2D eigenvalue weighted by Crippen LogP contribution is -2.51. The van der Waals surface area contributed by atoms with Crippen molar-refractivity contribution in [3.63, 3.8) is 0 Å². The molecule has 0 radical (unpaired) electrons. The van der Waals surface area contributed by atoms with Gasteiger partial charge in [-0.15, -0.1) is 0 Å². The maximum atomic E-state index is 13.6. The Hall–Kier alpha value is -3.22. The molecule has 3 aromatic rings. The molecule has 0 N–H and O–H groups in total. The standard InChI is InChI=1S/C26H26F3N5O3S/c27-20-2-4-21(5-3-20)34-23-12-19-8-11-33(16-26(19,17-37-25(28)29)13-18(23)14-31-34)38(35,36)22-6-7-24(30-15-22)32-9-1-10-32/h2-7,12,14-15,25H,1,8-11,13,16-17H2. The Bertz CT molecular complexity index is 1470. The first-order chi connectivity index (χ1) is 18.2. The highest BCUT2D eigenvalue weighted by molar-refractivity contribution is 7.89. The third kappa shape index (κ3) is 4.40. The van der Waals surface area contributed by atoms with E-state index in [1.807, 2.05) is 6.08 Å². The number of piperidine rings is 1. The van der Waals surface area contributed by atoms with E-state index in [1.54, 1.807) is 35.1 Å². The van der Waals surface area contributed by atoms with Crippen LogP contribution in [-0.2, 0) is 21.2 Å². The summed E-state index contributed by atoms with van der Waals surface area (Å²) in [6.07, 6.45) is 6.60. The second-order valence-corrected chi connectivity index (χ2v) is 11.9. The van der Waals surface area contributed by atoms with Crippen LogP contribution in [0.15, 0.2) is 59.3 Å². The smallest absolute Gasteiger partial charge is 0.345 e. The number of pyridine rings is 1. The van der Waals surface area contributed by atoms with Crippen molar-refractivity contribution in [2.24, 2.45) is 5.41 Å². The Morgan fingerprint density at radius 1 is 1.05 bits per heavy atom. The lowest BCUT2D eigenvalue weighted by atomic mass is 9.69. The molecule has 0 amide bonds. The van der Waals surface area contributed by atoms with Gasteiger partial charge in [-0.1, -0.05) is 5.57 Å². The normalized spacial score (nSPS) is 21.6. The molecule has 1 aromatic carbocycles. The van der Waals surface area contributed by atoms with Gasteiger partial charge < -0.3 is 9.64 Å². The van der Waals surface area contributed by atoms with Crippen LogP contribution in [0.25, 0.3) is 11.8 Å². The van der Waals surface area contributed by atoms with Crippen molar-refractivity contribution in [1.29, 1.82) is 0 Å². The highest BCUT2D eigenvalue weighted by atomic mass is 32.2. The van der Waals surface area contributed by atoms with Crippen LogP contribution in [0.4, 0.5) is 19.0 Å². The van der Waals surface area contributed by atoms with Crippen LogP contribution in [-0.4, -0.2) is 66.9 Å². The fourth-order valence-electron chi connectivity index (χ4n) is 5.45. The monoisotopic (exact) mass is 545 g/mol. The van der Waals surface area contributed by atoms with E-state index in [0.717, 1.165) is 42.2 Å². The van der Waals surface area contributed by atoms with Crippen LogP contribution in [0.5, 0.6) is 0 Å². The van der Waals surface area contributed by atoms with Crippen molar-refractivity contribution in [1.82, 2.24) is 19.1 Å². The highest BCUT2D eigenvalue weighted by Gasteiger charge is 2.46. The molecule has 6 rings (SSSR count). The summed E-state index contributed by atoms with van der Waals surface area (Å²) in [6.45, 7) is -1.35. The number of ether oxygens (including phenoxy) is 1. The Balaban J connectivity index is 1.31. The first-order valence-corrected chi connectivity index (χ1v) is 13.8. The summed E-state index contributed by atoms with van der Waals surface area (Å²) in [5.74, 6) is 0.370. The number of rotatable bonds is 7. The van der Waals surface area contributed by atoms with E-state index in [2.05, 4.69) is 15.0 Å². The third-order valence-corrected chi connectivity index (χ3v) is 9.44. The largest absolute Gasteiger partial charge is 0.356 e. The van der Waals surface area contributed by atoms with Crippen molar-refractivity contribution in [3.05, 3.63) is 71.4 Å². The number of nitrogens with zero attached hydrogens (tertiary/aromatic N) is 5. The van der Waals surface area contributed by atoms with Gasteiger partial charge in [0.15, 0.2) is 0 Å². The number of halogens is 3. The van der Waals surface area contributed by atoms with Gasteiger partial charge in [0.05, 0.1) is 24.2 Å². The molecular weight excluding hydrogens is 519 g/mol. The Kier molecular flexibility index (Phi) is 6.28. The summed E-state index contributed by atoms with van der Waals surface area (Å²) in [5.41, 5.74) is 2.05. The summed E-state index contributed by atoms with van der Waals surface area (Å²) >= 11 is 0. The zero-order chi connectivity index (χ0) is 26.5. The van der Waals surface area contributed by atoms with Gasteiger partial charge in [0.1, 0.15) is 16.5 Å². The minimum Gasteiger partial charge on any atom is -0.356 e. The molecular formula is C26H26F3N5O3S. The molecule has 2 aliphatic heterocycles. The summed E-state index contributed by atoms with van der Waals surface area (Å²) in [6, 6.07) is 9.16. The SMILES string of the molecule is O=S(=O)(c1ccc(N2CCC2)nc1)N1CCC2=Cc3c(cnn3-c3ccc(F)cc3)CC2(COC(F)F)C1. The molecule has 200 valence electrons. The molecule has 1 aliphatic carbocycles. The molecule has 2 aromatic heterocycles. The van der Waals surface area contributed by atoms with E-state index < -0.39 is 22.0 Å². The van der Waals surface area contributed by atoms with Gasteiger partial charge in [-0.25, -0.2) is 22.5 Å². The van der Waals surface area contributed by atoms with Crippen molar-refractivity contribution in [3.8, 4) is 5.69 Å². The summed E-state index contributed by atoms with van der Waals surface area (Å²) in [5, 5.41) is 4.45. The lowest BCUT2D eigenvalue weighted by Gasteiger charge is -2.45. The molecule has 0 spiro atoms. The van der Waals surface area contributed by atoms with E-state index in [-0.39, 0.29) is 36.8 Å². The molecule has 2 saturated heterocycles. The zero-order valence-electron chi connectivity index (χ0n) is 20.4. The second kappa shape index (κ2) is 9.51. The van der Waals surface area contributed by atoms with Crippen molar-refractivity contribution in [2.75, 3.05) is 37.7 Å². The average Bonchev–Trinajstić information content (AvgIpc) is 3.27. The number of sulfonamides is 1. The third-order valence-electron chi connectivity index (χ3n) is 7.61. The first-order valence-electron chi connectivity index (χ1n) is 12.4. The topological polar surface area (TPSA) is 80.6 Å².